The van der Waals surface area contributed by atoms with E-state index >= 15 is 0 Å². The summed E-state index contributed by atoms with van der Waals surface area (Å²) in [4.78, 5) is 22.6. The van der Waals surface area contributed by atoms with Gasteiger partial charge < -0.3 is 9.47 Å². The molecular weight excluding hydrogens is 222 g/mol. The molecule has 0 heterocycles. The Morgan fingerprint density at radius 2 is 1.82 bits per heavy atom. The van der Waals surface area contributed by atoms with Crippen LogP contribution in [-0.4, -0.2) is 25.2 Å². The van der Waals surface area contributed by atoms with Gasteiger partial charge in [0, 0.05) is 6.42 Å². The minimum atomic E-state index is -0.815. The van der Waals surface area contributed by atoms with Gasteiger partial charge in [-0.05, 0) is 26.2 Å². The molecule has 17 heavy (non-hydrogen) atoms. The van der Waals surface area contributed by atoms with Crippen LogP contribution in [0.4, 0.5) is 0 Å². The zero-order valence-corrected chi connectivity index (χ0v) is 10.6. The van der Waals surface area contributed by atoms with E-state index in [1.54, 1.807) is 20.8 Å². The number of carbonyl (C=O) groups is 2. The molecule has 0 aliphatic carbocycles. The van der Waals surface area contributed by atoms with Crippen molar-refractivity contribution in [2.45, 2.75) is 33.6 Å². The first-order chi connectivity index (χ1) is 8.06. The average molecular weight is 241 g/mol. The van der Waals surface area contributed by atoms with E-state index in [0.29, 0.717) is 13.0 Å². The first-order valence-corrected chi connectivity index (χ1v) is 5.78. The third-order valence-electron chi connectivity index (χ3n) is 2.36. The average Bonchev–Trinajstić information content (AvgIpc) is 2.28. The third kappa shape index (κ3) is 5.91. The Morgan fingerprint density at radius 1 is 1.24 bits per heavy atom. The van der Waals surface area contributed by atoms with Gasteiger partial charge >= 0.3 is 11.9 Å². The van der Waals surface area contributed by atoms with Crippen molar-refractivity contribution in [3.05, 3.63) is 0 Å². The van der Waals surface area contributed by atoms with Crippen LogP contribution in [0.15, 0.2) is 0 Å². The lowest BCUT2D eigenvalue weighted by Gasteiger charge is -2.15. The smallest absolute Gasteiger partial charge is 0.323 e. The van der Waals surface area contributed by atoms with Crippen molar-refractivity contribution in [2.75, 3.05) is 13.2 Å². The summed E-state index contributed by atoms with van der Waals surface area (Å²) in [5, 5.41) is 8.90. The van der Waals surface area contributed by atoms with E-state index in [-0.39, 0.29) is 24.9 Å². The van der Waals surface area contributed by atoms with Crippen molar-refractivity contribution >= 4 is 11.9 Å². The predicted molar refractivity (Wildman–Crippen MR) is 60.8 cm³/mol. The molecule has 0 N–H and O–H groups in total. The molecule has 5 nitrogen and oxygen atoms in total. The Hall–Kier alpha value is -1.57. The summed E-state index contributed by atoms with van der Waals surface area (Å²) < 4.78 is 9.57. The van der Waals surface area contributed by atoms with Gasteiger partial charge in [-0.3, -0.25) is 9.59 Å². The Kier molecular flexibility index (Phi) is 7.78. The van der Waals surface area contributed by atoms with Crippen molar-refractivity contribution in [1.29, 1.82) is 5.26 Å². The molecule has 0 aromatic carbocycles. The molecule has 2 atom stereocenters. The maximum absolute atomic E-state index is 11.4. The van der Waals surface area contributed by atoms with Crippen molar-refractivity contribution in [3.8, 4) is 6.07 Å². The third-order valence-corrected chi connectivity index (χ3v) is 2.36. The van der Waals surface area contributed by atoms with Gasteiger partial charge in [-0.25, -0.2) is 0 Å². The van der Waals surface area contributed by atoms with Crippen LogP contribution < -0.4 is 0 Å². The molecule has 5 heteroatoms. The minimum absolute atomic E-state index is 0.215. The topological polar surface area (TPSA) is 76.4 Å². The number of nitrogens with zero attached hydrogens (tertiary/aromatic N) is 1. The van der Waals surface area contributed by atoms with E-state index < -0.39 is 11.9 Å². The second kappa shape index (κ2) is 8.57. The maximum atomic E-state index is 11.4. The molecule has 0 bridgehead atoms. The van der Waals surface area contributed by atoms with Crippen LogP contribution in [0.5, 0.6) is 0 Å². The Balaban J connectivity index is 4.18. The number of hydrogen-bond donors (Lipinski definition) is 0. The molecule has 0 aliphatic heterocycles. The SMILES string of the molecule is CCOC(=O)CCC(C)C(C#N)C(=O)OCC. The molecule has 0 radical (unpaired) electrons. The molecule has 96 valence electrons. The van der Waals surface area contributed by atoms with Gasteiger partial charge in [-0.15, -0.1) is 0 Å². The van der Waals surface area contributed by atoms with Crippen LogP contribution in [0.3, 0.4) is 0 Å². The van der Waals surface area contributed by atoms with Crippen LogP contribution in [0.2, 0.25) is 0 Å². The van der Waals surface area contributed by atoms with Crippen molar-refractivity contribution in [2.24, 2.45) is 11.8 Å². The van der Waals surface area contributed by atoms with E-state index in [1.165, 1.54) is 0 Å². The van der Waals surface area contributed by atoms with Crippen molar-refractivity contribution < 1.29 is 19.1 Å². The van der Waals surface area contributed by atoms with Gasteiger partial charge in [0.25, 0.3) is 0 Å². The number of ether oxygens (including phenoxy) is 2. The van der Waals surface area contributed by atoms with Crippen molar-refractivity contribution in [3.63, 3.8) is 0 Å². The fourth-order valence-corrected chi connectivity index (χ4v) is 1.39. The number of esters is 2. The number of nitriles is 1. The summed E-state index contributed by atoms with van der Waals surface area (Å²) >= 11 is 0. The first-order valence-electron chi connectivity index (χ1n) is 5.78. The maximum Gasteiger partial charge on any atom is 0.323 e. The predicted octanol–water partition coefficient (Wildman–Crippen LogP) is 1.67. The van der Waals surface area contributed by atoms with E-state index in [9.17, 15) is 9.59 Å². The van der Waals surface area contributed by atoms with Crippen LogP contribution >= 0.6 is 0 Å². The first kappa shape index (κ1) is 15.4. The van der Waals surface area contributed by atoms with Gasteiger partial charge in [0.05, 0.1) is 19.3 Å². The normalized spacial score (nSPS) is 13.3. The molecule has 0 aromatic heterocycles. The molecule has 0 saturated carbocycles. The monoisotopic (exact) mass is 241 g/mol. The molecule has 0 saturated heterocycles. The van der Waals surface area contributed by atoms with Gasteiger partial charge in [-0.2, -0.15) is 5.26 Å². The Labute approximate surface area is 102 Å². The standard InChI is InChI=1S/C12H19NO4/c1-4-16-11(14)7-6-9(3)10(8-13)12(15)17-5-2/h9-10H,4-7H2,1-3H3. The fraction of sp³-hybridized carbons (Fsp3) is 0.750. The lowest BCUT2D eigenvalue weighted by atomic mass is 9.91. The fourth-order valence-electron chi connectivity index (χ4n) is 1.39. The second-order valence-electron chi connectivity index (χ2n) is 3.68. The summed E-state index contributed by atoms with van der Waals surface area (Å²) in [7, 11) is 0. The van der Waals surface area contributed by atoms with Gasteiger partial charge in [0.15, 0.2) is 0 Å². The zero-order chi connectivity index (χ0) is 13.3. The van der Waals surface area contributed by atoms with Crippen LogP contribution in [0.1, 0.15) is 33.6 Å². The summed E-state index contributed by atoms with van der Waals surface area (Å²) in [6.45, 7) is 5.77. The quantitative estimate of drug-likeness (QED) is 0.634. The highest BCUT2D eigenvalue weighted by atomic mass is 16.5. The van der Waals surface area contributed by atoms with E-state index in [0.717, 1.165) is 0 Å². The van der Waals surface area contributed by atoms with E-state index in [2.05, 4.69) is 0 Å². The van der Waals surface area contributed by atoms with Crippen LogP contribution in [0, 0.1) is 23.2 Å². The molecule has 0 amide bonds. The zero-order valence-electron chi connectivity index (χ0n) is 10.6. The Bertz CT molecular complexity index is 295. The van der Waals surface area contributed by atoms with Gasteiger partial charge in [0.2, 0.25) is 0 Å². The summed E-state index contributed by atoms with van der Waals surface area (Å²) in [6.07, 6.45) is 0.655. The van der Waals surface area contributed by atoms with Crippen LogP contribution in [-0.2, 0) is 19.1 Å². The van der Waals surface area contributed by atoms with Crippen molar-refractivity contribution in [1.82, 2.24) is 0 Å². The molecule has 0 aromatic rings. The molecule has 0 fully saturated rings. The van der Waals surface area contributed by atoms with Gasteiger partial charge in [0.1, 0.15) is 5.92 Å². The van der Waals surface area contributed by atoms with Gasteiger partial charge in [-0.1, -0.05) is 6.92 Å². The highest BCUT2D eigenvalue weighted by Gasteiger charge is 2.26. The minimum Gasteiger partial charge on any atom is -0.466 e. The number of carbonyl (C=O) groups excluding carboxylic acids is 2. The molecular formula is C12H19NO4. The molecule has 2 unspecified atom stereocenters. The lowest BCUT2D eigenvalue weighted by molar-refractivity contribution is -0.149. The van der Waals surface area contributed by atoms with E-state index in [4.69, 9.17) is 14.7 Å². The summed E-state index contributed by atoms with van der Waals surface area (Å²) in [5.41, 5.74) is 0. The van der Waals surface area contributed by atoms with Crippen LogP contribution in [0.25, 0.3) is 0 Å². The molecule has 0 rings (SSSR count). The molecule has 0 spiro atoms. The molecule has 0 aliphatic rings. The highest BCUT2D eigenvalue weighted by Crippen LogP contribution is 2.18. The summed E-state index contributed by atoms with van der Waals surface area (Å²) in [6, 6.07) is 1.92. The lowest BCUT2D eigenvalue weighted by Crippen LogP contribution is -2.23. The highest BCUT2D eigenvalue weighted by molar-refractivity contribution is 5.75. The number of hydrogen-bond acceptors (Lipinski definition) is 5. The summed E-state index contributed by atoms with van der Waals surface area (Å²) in [5.74, 6) is -1.86. The number of rotatable bonds is 7. The largest absolute Gasteiger partial charge is 0.466 e. The second-order valence-corrected chi connectivity index (χ2v) is 3.68. The Morgan fingerprint density at radius 3 is 2.29 bits per heavy atom. The van der Waals surface area contributed by atoms with E-state index in [1.807, 2.05) is 6.07 Å².